The first kappa shape index (κ1) is 25.8. The number of halogens is 4. The maximum absolute atomic E-state index is 12.5. The van der Waals surface area contributed by atoms with E-state index in [1.165, 1.54) is 0 Å². The molecule has 182 valence electrons. The summed E-state index contributed by atoms with van der Waals surface area (Å²) < 4.78 is 2.04. The number of nitrogens with zero attached hydrogens (tertiary/aromatic N) is 2. The van der Waals surface area contributed by atoms with Gasteiger partial charge in [0.2, 0.25) is 0 Å². The van der Waals surface area contributed by atoms with Gasteiger partial charge in [-0.1, -0.05) is 66.3 Å². The van der Waals surface area contributed by atoms with Crippen LogP contribution in [0.5, 0.6) is 0 Å². The Morgan fingerprint density at radius 2 is 1.60 bits per heavy atom. The molecule has 0 saturated carbocycles. The minimum absolute atomic E-state index is 0.0218. The summed E-state index contributed by atoms with van der Waals surface area (Å²) in [5.41, 5.74) is 6.22. The standard InChI is InChI=1S/C27H24Cl4N2O2/c1-27(2)17-11-13(32(3)4)7-9-15(17)19(16-10-8-14(33(5)6)12-18(16)27)20-21(26(34)35)23(29)25(31)24(30)22(20)28/h7-12H,1-6H3/p+1. The van der Waals surface area contributed by atoms with Crippen molar-refractivity contribution >= 4 is 69.3 Å². The van der Waals surface area contributed by atoms with E-state index in [1.807, 2.05) is 62.0 Å². The summed E-state index contributed by atoms with van der Waals surface area (Å²) in [6.07, 6.45) is 6.14. The highest BCUT2D eigenvalue weighted by molar-refractivity contribution is 6.53. The lowest BCUT2D eigenvalue weighted by Gasteiger charge is -2.40. The summed E-state index contributed by atoms with van der Waals surface area (Å²) >= 11 is 25.9. The van der Waals surface area contributed by atoms with Crippen molar-refractivity contribution in [3.8, 4) is 0 Å². The van der Waals surface area contributed by atoms with Gasteiger partial charge in [0.15, 0.2) is 5.71 Å². The summed E-state index contributed by atoms with van der Waals surface area (Å²) in [4.78, 5) is 14.5. The molecule has 0 aromatic heterocycles. The smallest absolute Gasteiger partial charge is 0.337 e. The molecule has 4 rings (SSSR count). The number of hydrogen-bond donors (Lipinski definition) is 1. The summed E-state index contributed by atoms with van der Waals surface area (Å²) in [6, 6.07) is 6.14. The number of benzene rings is 2. The largest absolute Gasteiger partial charge is 0.478 e. The number of allylic oxidation sites excluding steroid dienone is 5. The maximum Gasteiger partial charge on any atom is 0.337 e. The highest BCUT2D eigenvalue weighted by atomic mass is 35.5. The van der Waals surface area contributed by atoms with Crippen LogP contribution in [0.15, 0.2) is 47.6 Å². The quantitative estimate of drug-likeness (QED) is 0.246. The van der Waals surface area contributed by atoms with Gasteiger partial charge in [0.1, 0.15) is 14.1 Å². The van der Waals surface area contributed by atoms with Crippen LogP contribution in [0.1, 0.15) is 40.9 Å². The van der Waals surface area contributed by atoms with Gasteiger partial charge in [0.25, 0.3) is 0 Å². The van der Waals surface area contributed by atoms with Crippen LogP contribution in [0.3, 0.4) is 0 Å². The highest BCUT2D eigenvalue weighted by Gasteiger charge is 2.41. The van der Waals surface area contributed by atoms with E-state index in [2.05, 4.69) is 26.0 Å². The van der Waals surface area contributed by atoms with Gasteiger partial charge in [-0.05, 0) is 46.1 Å². The molecule has 0 spiro atoms. The van der Waals surface area contributed by atoms with Crippen molar-refractivity contribution < 1.29 is 14.5 Å². The molecule has 35 heavy (non-hydrogen) atoms. The van der Waals surface area contributed by atoms with Crippen LogP contribution in [0, 0.1) is 0 Å². The zero-order chi connectivity index (χ0) is 26.0. The molecule has 4 nitrogen and oxygen atoms in total. The summed E-state index contributed by atoms with van der Waals surface area (Å²) in [6.45, 7) is 4.34. The van der Waals surface area contributed by atoms with Gasteiger partial charge in [-0.2, -0.15) is 0 Å². The third-order valence-electron chi connectivity index (χ3n) is 6.66. The molecule has 8 heteroatoms. The van der Waals surface area contributed by atoms with Crippen LogP contribution in [-0.4, -0.2) is 49.6 Å². The fourth-order valence-corrected chi connectivity index (χ4v) is 5.75. The molecule has 2 aliphatic carbocycles. The fraction of sp³-hybridized carbons (Fsp3) is 0.259. The second-order valence-electron chi connectivity index (χ2n) is 9.56. The van der Waals surface area contributed by atoms with E-state index < -0.39 is 5.97 Å². The number of hydrogen-bond acceptors (Lipinski definition) is 2. The number of carboxylic acids is 1. The Bertz CT molecular complexity index is 1430. The SMILES string of the molecule is CN(C)c1ccc2c(c1)C(C)(C)C1=CC(=[N+](C)C)C=CC1=C2c1c(Cl)c(Cl)c(Cl)c(Cl)c1C(=O)O. The van der Waals surface area contributed by atoms with E-state index in [0.717, 1.165) is 33.7 Å². The first-order chi connectivity index (χ1) is 16.3. The minimum Gasteiger partial charge on any atom is -0.478 e. The van der Waals surface area contributed by atoms with Crippen molar-refractivity contribution in [3.63, 3.8) is 0 Å². The zero-order valence-electron chi connectivity index (χ0n) is 20.2. The van der Waals surface area contributed by atoms with Gasteiger partial charge in [0.05, 0.1) is 25.7 Å². The Morgan fingerprint density at radius 1 is 0.971 bits per heavy atom. The molecule has 0 heterocycles. The first-order valence-corrected chi connectivity index (χ1v) is 12.4. The molecule has 0 atom stereocenters. The molecule has 2 aliphatic rings. The van der Waals surface area contributed by atoms with Gasteiger partial charge in [0, 0.05) is 42.9 Å². The van der Waals surface area contributed by atoms with E-state index in [-0.39, 0.29) is 36.6 Å². The molecular formula is C27H25Cl4N2O2+. The van der Waals surface area contributed by atoms with Crippen molar-refractivity contribution in [2.75, 3.05) is 33.1 Å². The lowest BCUT2D eigenvalue weighted by Crippen LogP contribution is -2.31. The number of anilines is 1. The lowest BCUT2D eigenvalue weighted by molar-refractivity contribution is -0.462. The molecule has 0 saturated heterocycles. The van der Waals surface area contributed by atoms with Crippen LogP contribution in [-0.2, 0) is 5.41 Å². The van der Waals surface area contributed by atoms with Gasteiger partial charge in [-0.25, -0.2) is 9.37 Å². The Hall–Kier alpha value is -2.24. The van der Waals surface area contributed by atoms with Crippen LogP contribution in [0.2, 0.25) is 20.1 Å². The van der Waals surface area contributed by atoms with Crippen molar-refractivity contribution in [2.45, 2.75) is 19.3 Å². The topological polar surface area (TPSA) is 43.5 Å². The molecule has 2 aromatic rings. The Labute approximate surface area is 225 Å². The number of rotatable bonds is 3. The monoisotopic (exact) mass is 549 g/mol. The number of carbonyl (C=O) groups is 1. The van der Waals surface area contributed by atoms with E-state index >= 15 is 0 Å². The van der Waals surface area contributed by atoms with Gasteiger partial charge >= 0.3 is 5.97 Å². The van der Waals surface area contributed by atoms with E-state index in [4.69, 9.17) is 46.4 Å². The second-order valence-corrected chi connectivity index (χ2v) is 11.1. The fourth-order valence-electron chi connectivity index (χ4n) is 4.72. The van der Waals surface area contributed by atoms with Crippen molar-refractivity contribution in [3.05, 3.63) is 89.9 Å². The van der Waals surface area contributed by atoms with Crippen LogP contribution in [0.4, 0.5) is 5.69 Å². The normalized spacial score (nSPS) is 16.1. The van der Waals surface area contributed by atoms with Gasteiger partial charge in [-0.3, -0.25) is 0 Å². The van der Waals surface area contributed by atoms with Crippen molar-refractivity contribution in [1.82, 2.24) is 0 Å². The summed E-state index contributed by atoms with van der Waals surface area (Å²) in [5, 5.41) is 10.0. The van der Waals surface area contributed by atoms with Crippen LogP contribution in [0.25, 0.3) is 5.57 Å². The van der Waals surface area contributed by atoms with E-state index in [1.54, 1.807) is 0 Å². The Balaban J connectivity index is 2.24. The third kappa shape index (κ3) is 4.01. The molecule has 0 fully saturated rings. The molecule has 0 amide bonds. The summed E-state index contributed by atoms with van der Waals surface area (Å²) in [5.74, 6) is -1.24. The van der Waals surface area contributed by atoms with Gasteiger partial charge < -0.3 is 10.0 Å². The second kappa shape index (κ2) is 9.01. The predicted molar refractivity (Wildman–Crippen MR) is 148 cm³/mol. The Morgan fingerprint density at radius 3 is 2.17 bits per heavy atom. The molecule has 0 bridgehead atoms. The summed E-state index contributed by atoms with van der Waals surface area (Å²) in [7, 11) is 7.94. The molecule has 0 aliphatic heterocycles. The number of fused-ring (bicyclic) bond motifs is 2. The molecule has 0 radical (unpaired) electrons. The predicted octanol–water partition coefficient (Wildman–Crippen LogP) is 7.37. The molecule has 2 aromatic carbocycles. The Kier molecular flexibility index (Phi) is 6.65. The van der Waals surface area contributed by atoms with Crippen molar-refractivity contribution in [2.24, 2.45) is 0 Å². The average Bonchev–Trinajstić information content (AvgIpc) is 2.80. The molecule has 1 N–H and O–H groups in total. The average molecular weight is 551 g/mol. The third-order valence-corrected chi connectivity index (χ3v) is 8.46. The first-order valence-electron chi connectivity index (χ1n) is 10.9. The highest BCUT2D eigenvalue weighted by Crippen LogP contribution is 2.54. The number of aromatic carboxylic acids is 1. The van der Waals surface area contributed by atoms with Gasteiger partial charge in [-0.15, -0.1) is 0 Å². The van der Waals surface area contributed by atoms with E-state index in [9.17, 15) is 9.90 Å². The lowest BCUT2D eigenvalue weighted by atomic mass is 9.64. The minimum atomic E-state index is -1.24. The number of carboxylic acid groups (broad SMARTS) is 1. The van der Waals surface area contributed by atoms with Crippen LogP contribution < -0.4 is 4.90 Å². The zero-order valence-corrected chi connectivity index (χ0v) is 23.2. The maximum atomic E-state index is 12.5. The van der Waals surface area contributed by atoms with E-state index in [0.29, 0.717) is 5.57 Å². The van der Waals surface area contributed by atoms with Crippen LogP contribution >= 0.6 is 46.4 Å². The molecular weight excluding hydrogens is 526 g/mol. The molecule has 0 unspecified atom stereocenters. The van der Waals surface area contributed by atoms with Crippen molar-refractivity contribution in [1.29, 1.82) is 0 Å².